The summed E-state index contributed by atoms with van der Waals surface area (Å²) in [5.74, 6) is -0.155. The number of carbonyl (C=O) groups excluding carboxylic acids is 1. The molecule has 1 heterocycles. The second kappa shape index (κ2) is 6.71. The first kappa shape index (κ1) is 15.4. The minimum absolute atomic E-state index is 0.155. The van der Waals surface area contributed by atoms with E-state index in [9.17, 15) is 4.79 Å². The van der Waals surface area contributed by atoms with Crippen molar-refractivity contribution in [2.45, 2.75) is 12.8 Å². The van der Waals surface area contributed by atoms with Crippen LogP contribution in [0.15, 0.2) is 46.9 Å². The van der Waals surface area contributed by atoms with Crippen LogP contribution in [0.25, 0.3) is 0 Å². The molecular weight excluding hydrogens is 364 g/mol. The van der Waals surface area contributed by atoms with Crippen molar-refractivity contribution in [1.82, 2.24) is 0 Å². The number of nitrogens with zero attached hydrogens (tertiary/aromatic N) is 1. The molecule has 0 aromatic heterocycles. The maximum absolute atomic E-state index is 12.3. The molecule has 0 radical (unpaired) electrons. The van der Waals surface area contributed by atoms with Gasteiger partial charge in [0.25, 0.3) is 5.91 Å². The number of anilines is 2. The minimum atomic E-state index is -0.155. The fraction of sp³-hybridized carbons (Fsp3) is 0.235. The van der Waals surface area contributed by atoms with Crippen molar-refractivity contribution < 1.29 is 4.79 Å². The highest BCUT2D eigenvalue weighted by Gasteiger charge is 2.13. The van der Waals surface area contributed by atoms with Gasteiger partial charge in [-0.2, -0.15) is 0 Å². The van der Waals surface area contributed by atoms with Gasteiger partial charge in [-0.3, -0.25) is 4.79 Å². The van der Waals surface area contributed by atoms with E-state index in [4.69, 9.17) is 11.6 Å². The van der Waals surface area contributed by atoms with Gasteiger partial charge in [0.2, 0.25) is 0 Å². The number of rotatable bonds is 3. The number of halogens is 2. The maximum atomic E-state index is 12.3. The van der Waals surface area contributed by atoms with Crippen LogP contribution in [-0.4, -0.2) is 19.0 Å². The SMILES string of the molecule is O=C(Nc1ccc(Br)cc1Cl)c1ccc(N2CCCC2)cc1. The van der Waals surface area contributed by atoms with E-state index in [2.05, 4.69) is 26.1 Å². The summed E-state index contributed by atoms with van der Waals surface area (Å²) in [7, 11) is 0. The van der Waals surface area contributed by atoms with E-state index >= 15 is 0 Å². The highest BCUT2D eigenvalue weighted by Crippen LogP contribution is 2.26. The third-order valence-electron chi connectivity index (χ3n) is 3.78. The van der Waals surface area contributed by atoms with Gasteiger partial charge < -0.3 is 10.2 Å². The lowest BCUT2D eigenvalue weighted by Crippen LogP contribution is -2.18. The van der Waals surface area contributed by atoms with Crippen molar-refractivity contribution in [3.8, 4) is 0 Å². The Hall–Kier alpha value is -1.52. The topological polar surface area (TPSA) is 32.3 Å². The monoisotopic (exact) mass is 378 g/mol. The van der Waals surface area contributed by atoms with Crippen LogP contribution in [0.5, 0.6) is 0 Å². The Kier molecular flexibility index (Phi) is 4.69. The first-order valence-corrected chi connectivity index (χ1v) is 8.42. The molecule has 2 aromatic carbocycles. The molecule has 1 fully saturated rings. The second-order valence-electron chi connectivity index (χ2n) is 5.32. The molecule has 3 rings (SSSR count). The predicted octanol–water partition coefficient (Wildman–Crippen LogP) is 4.96. The van der Waals surface area contributed by atoms with Crippen LogP contribution in [0.1, 0.15) is 23.2 Å². The number of carbonyl (C=O) groups is 1. The number of nitrogens with one attached hydrogen (secondary N) is 1. The van der Waals surface area contributed by atoms with E-state index in [-0.39, 0.29) is 5.91 Å². The molecule has 0 aliphatic carbocycles. The summed E-state index contributed by atoms with van der Waals surface area (Å²) in [5, 5.41) is 3.35. The summed E-state index contributed by atoms with van der Waals surface area (Å²) >= 11 is 9.47. The molecule has 0 saturated carbocycles. The summed E-state index contributed by atoms with van der Waals surface area (Å²) in [6, 6.07) is 13.1. The van der Waals surface area contributed by atoms with Crippen LogP contribution < -0.4 is 10.2 Å². The lowest BCUT2D eigenvalue weighted by Gasteiger charge is -2.17. The molecule has 5 heteroatoms. The van der Waals surface area contributed by atoms with E-state index in [0.717, 1.165) is 17.6 Å². The van der Waals surface area contributed by atoms with Crippen molar-refractivity contribution in [1.29, 1.82) is 0 Å². The Balaban J connectivity index is 1.71. The van der Waals surface area contributed by atoms with E-state index in [0.29, 0.717) is 16.3 Å². The van der Waals surface area contributed by atoms with Gasteiger partial charge in [0.05, 0.1) is 10.7 Å². The molecule has 22 heavy (non-hydrogen) atoms. The quantitative estimate of drug-likeness (QED) is 0.818. The first-order valence-electron chi connectivity index (χ1n) is 7.25. The molecule has 1 aliphatic heterocycles. The molecular formula is C17H16BrClN2O. The fourth-order valence-corrected chi connectivity index (χ4v) is 3.30. The molecule has 114 valence electrons. The molecule has 0 bridgehead atoms. The van der Waals surface area contributed by atoms with Crippen LogP contribution in [0.4, 0.5) is 11.4 Å². The molecule has 0 atom stereocenters. The predicted molar refractivity (Wildman–Crippen MR) is 95.0 cm³/mol. The number of hydrogen-bond acceptors (Lipinski definition) is 2. The lowest BCUT2D eigenvalue weighted by atomic mass is 10.1. The first-order chi connectivity index (χ1) is 10.6. The number of amides is 1. The van der Waals surface area contributed by atoms with Crippen LogP contribution in [0.2, 0.25) is 5.02 Å². The van der Waals surface area contributed by atoms with Gasteiger partial charge in [-0.1, -0.05) is 27.5 Å². The van der Waals surface area contributed by atoms with Crippen molar-refractivity contribution in [3.63, 3.8) is 0 Å². The Morgan fingerprint density at radius 2 is 1.77 bits per heavy atom. The molecule has 1 amide bonds. The molecule has 1 saturated heterocycles. The zero-order valence-electron chi connectivity index (χ0n) is 12.0. The lowest BCUT2D eigenvalue weighted by molar-refractivity contribution is 0.102. The summed E-state index contributed by atoms with van der Waals surface area (Å²) in [5.41, 5.74) is 2.41. The Morgan fingerprint density at radius 1 is 1.09 bits per heavy atom. The third-order valence-corrected chi connectivity index (χ3v) is 4.59. The van der Waals surface area contributed by atoms with Crippen LogP contribution >= 0.6 is 27.5 Å². The van der Waals surface area contributed by atoms with Crippen LogP contribution in [0.3, 0.4) is 0 Å². The largest absolute Gasteiger partial charge is 0.372 e. The Labute approximate surface area is 143 Å². The smallest absolute Gasteiger partial charge is 0.255 e. The van der Waals surface area contributed by atoms with E-state index in [1.165, 1.54) is 18.5 Å². The summed E-state index contributed by atoms with van der Waals surface area (Å²) in [6.45, 7) is 2.19. The number of hydrogen-bond donors (Lipinski definition) is 1. The molecule has 3 nitrogen and oxygen atoms in total. The van der Waals surface area contributed by atoms with Gasteiger partial charge in [-0.15, -0.1) is 0 Å². The molecule has 0 spiro atoms. The fourth-order valence-electron chi connectivity index (χ4n) is 2.58. The molecule has 2 aromatic rings. The summed E-state index contributed by atoms with van der Waals surface area (Å²) in [4.78, 5) is 14.6. The average Bonchev–Trinajstić information content (AvgIpc) is 3.04. The standard InChI is InChI=1S/C17H16BrClN2O/c18-13-5-8-16(15(19)11-13)20-17(22)12-3-6-14(7-4-12)21-9-1-2-10-21/h3-8,11H,1-2,9-10H2,(H,20,22). The average molecular weight is 380 g/mol. The minimum Gasteiger partial charge on any atom is -0.372 e. The summed E-state index contributed by atoms with van der Waals surface area (Å²) < 4.78 is 0.880. The zero-order valence-corrected chi connectivity index (χ0v) is 14.3. The molecule has 1 N–H and O–H groups in total. The van der Waals surface area contributed by atoms with Crippen LogP contribution in [0, 0.1) is 0 Å². The normalized spacial score (nSPS) is 14.2. The van der Waals surface area contributed by atoms with Gasteiger partial charge in [0.1, 0.15) is 0 Å². The van der Waals surface area contributed by atoms with Gasteiger partial charge in [0, 0.05) is 28.8 Å². The van der Waals surface area contributed by atoms with Gasteiger partial charge in [0.15, 0.2) is 0 Å². The van der Waals surface area contributed by atoms with Crippen molar-refractivity contribution in [3.05, 3.63) is 57.5 Å². The van der Waals surface area contributed by atoms with Crippen LogP contribution in [-0.2, 0) is 0 Å². The van der Waals surface area contributed by atoms with Crippen molar-refractivity contribution in [2.75, 3.05) is 23.3 Å². The maximum Gasteiger partial charge on any atom is 0.255 e. The van der Waals surface area contributed by atoms with Gasteiger partial charge >= 0.3 is 0 Å². The second-order valence-corrected chi connectivity index (χ2v) is 6.64. The van der Waals surface area contributed by atoms with E-state index in [1.54, 1.807) is 12.1 Å². The Morgan fingerprint density at radius 3 is 2.41 bits per heavy atom. The van der Waals surface area contributed by atoms with Crippen molar-refractivity contribution >= 4 is 44.8 Å². The summed E-state index contributed by atoms with van der Waals surface area (Å²) in [6.07, 6.45) is 2.48. The Bertz CT molecular complexity index is 682. The number of benzene rings is 2. The molecule has 0 unspecified atom stereocenters. The van der Waals surface area contributed by atoms with E-state index < -0.39 is 0 Å². The highest BCUT2D eigenvalue weighted by molar-refractivity contribution is 9.10. The van der Waals surface area contributed by atoms with Crippen molar-refractivity contribution in [2.24, 2.45) is 0 Å². The third kappa shape index (κ3) is 3.45. The van der Waals surface area contributed by atoms with Gasteiger partial charge in [-0.25, -0.2) is 0 Å². The zero-order chi connectivity index (χ0) is 15.5. The highest BCUT2D eigenvalue weighted by atomic mass is 79.9. The molecule has 1 aliphatic rings. The van der Waals surface area contributed by atoms with E-state index in [1.807, 2.05) is 30.3 Å². The van der Waals surface area contributed by atoms with Gasteiger partial charge in [-0.05, 0) is 55.3 Å².